The van der Waals surface area contributed by atoms with E-state index in [9.17, 15) is 4.79 Å². The number of hydrogen-bond donors (Lipinski definition) is 0. The highest BCUT2D eigenvalue weighted by Gasteiger charge is 2.24. The van der Waals surface area contributed by atoms with Gasteiger partial charge >= 0.3 is 0 Å². The number of rotatable bonds is 3. The Bertz CT molecular complexity index is 397. The van der Waals surface area contributed by atoms with Gasteiger partial charge in [-0.15, -0.1) is 0 Å². The Morgan fingerprint density at radius 3 is 2.12 bits per heavy atom. The van der Waals surface area contributed by atoms with E-state index in [4.69, 9.17) is 23.2 Å². The maximum Gasteiger partial charge on any atom is 0.144 e. The molecule has 0 saturated carbocycles. The van der Waals surface area contributed by atoms with Crippen LogP contribution in [-0.2, 0) is 4.79 Å². The fourth-order valence-corrected chi connectivity index (χ4v) is 3.30. The van der Waals surface area contributed by atoms with E-state index in [0.717, 1.165) is 10.0 Å². The number of carbonyl (C=O) groups is 1. The topological polar surface area (TPSA) is 17.1 Å². The predicted octanol–water partition coefficient (Wildman–Crippen LogP) is 5.21. The van der Waals surface area contributed by atoms with Crippen LogP contribution in [0, 0.1) is 0 Å². The van der Waals surface area contributed by atoms with Crippen LogP contribution in [0.25, 0.3) is 0 Å². The summed E-state index contributed by atoms with van der Waals surface area (Å²) in [5, 5.41) is 1.13. The molecule has 0 aliphatic carbocycles. The number of benzene rings is 1. The van der Waals surface area contributed by atoms with Crippen molar-refractivity contribution in [2.75, 3.05) is 0 Å². The molecule has 0 heterocycles. The Labute approximate surface area is 122 Å². The largest absolute Gasteiger partial charge is 0.299 e. The summed E-state index contributed by atoms with van der Waals surface area (Å²) < 4.78 is 0.826. The van der Waals surface area contributed by atoms with E-state index in [1.165, 1.54) is 6.92 Å². The lowest BCUT2D eigenvalue weighted by Gasteiger charge is -2.19. The minimum Gasteiger partial charge on any atom is -0.299 e. The van der Waals surface area contributed by atoms with Crippen LogP contribution >= 0.6 is 55.1 Å². The van der Waals surface area contributed by atoms with Crippen molar-refractivity contribution in [3.8, 4) is 0 Å². The van der Waals surface area contributed by atoms with Gasteiger partial charge in [0.05, 0.1) is 4.83 Å². The third kappa shape index (κ3) is 3.22. The highest BCUT2D eigenvalue weighted by Crippen LogP contribution is 2.37. The normalized spacial score (nSPS) is 14.6. The molecule has 0 bridgehead atoms. The molecule has 0 aromatic heterocycles. The number of Topliss-reactive ketones (excluding diaryl/α,β-unsaturated/α-hetero) is 1. The molecule has 2 unspecified atom stereocenters. The van der Waals surface area contributed by atoms with Gasteiger partial charge in [-0.25, -0.2) is 0 Å². The second kappa shape index (κ2) is 5.85. The highest BCUT2D eigenvalue weighted by atomic mass is 79.9. The number of halogens is 4. The SMILES string of the molecule is CC(=O)C(Br)C(C)c1c(Cl)cc(Br)cc1Cl. The quantitative estimate of drug-likeness (QED) is 0.649. The third-order valence-electron chi connectivity index (χ3n) is 2.33. The molecule has 5 heteroatoms. The molecule has 1 aromatic rings. The molecule has 1 rings (SSSR count). The first-order chi connectivity index (χ1) is 7.34. The van der Waals surface area contributed by atoms with Crippen LogP contribution in [0.2, 0.25) is 10.0 Å². The zero-order valence-corrected chi connectivity index (χ0v) is 13.4. The zero-order valence-electron chi connectivity index (χ0n) is 8.73. The number of alkyl halides is 1. The van der Waals surface area contributed by atoms with Crippen LogP contribution in [0.3, 0.4) is 0 Å². The Hall–Kier alpha value is 0.430. The lowest BCUT2D eigenvalue weighted by Crippen LogP contribution is -2.18. The number of ketones is 1. The van der Waals surface area contributed by atoms with Gasteiger partial charge < -0.3 is 0 Å². The van der Waals surface area contributed by atoms with Gasteiger partial charge in [0, 0.05) is 20.4 Å². The third-order valence-corrected chi connectivity index (χ3v) is 4.85. The smallest absolute Gasteiger partial charge is 0.144 e. The summed E-state index contributed by atoms with van der Waals surface area (Å²) >= 11 is 18.9. The van der Waals surface area contributed by atoms with Crippen molar-refractivity contribution in [1.82, 2.24) is 0 Å². The van der Waals surface area contributed by atoms with E-state index in [-0.39, 0.29) is 16.5 Å². The molecule has 0 aliphatic heterocycles. The molecule has 1 nitrogen and oxygen atoms in total. The van der Waals surface area contributed by atoms with E-state index in [2.05, 4.69) is 31.9 Å². The number of hydrogen-bond acceptors (Lipinski definition) is 1. The molecule has 1 aromatic carbocycles. The summed E-state index contributed by atoms with van der Waals surface area (Å²) in [7, 11) is 0. The van der Waals surface area contributed by atoms with E-state index < -0.39 is 0 Å². The fourth-order valence-electron chi connectivity index (χ4n) is 1.49. The van der Waals surface area contributed by atoms with Gasteiger partial charge in [0.1, 0.15) is 5.78 Å². The van der Waals surface area contributed by atoms with Crippen molar-refractivity contribution >= 4 is 60.8 Å². The molecule has 0 fully saturated rings. The maximum atomic E-state index is 11.3. The van der Waals surface area contributed by atoms with Crippen molar-refractivity contribution in [3.05, 3.63) is 32.2 Å². The number of carbonyl (C=O) groups excluding carboxylic acids is 1. The minimum atomic E-state index is -0.274. The summed E-state index contributed by atoms with van der Waals surface area (Å²) in [5.41, 5.74) is 0.795. The molecule has 0 spiro atoms. The van der Waals surface area contributed by atoms with E-state index in [1.807, 2.05) is 6.92 Å². The Morgan fingerprint density at radius 2 is 1.75 bits per heavy atom. The second-order valence-electron chi connectivity index (χ2n) is 3.58. The summed E-state index contributed by atoms with van der Waals surface area (Å²) in [5.74, 6) is -0.00634. The monoisotopic (exact) mass is 386 g/mol. The molecule has 88 valence electrons. The van der Waals surface area contributed by atoms with Gasteiger partial charge in [-0.05, 0) is 24.6 Å². The first-order valence-corrected chi connectivity index (χ1v) is 7.10. The van der Waals surface area contributed by atoms with Gasteiger partial charge in [-0.3, -0.25) is 4.79 Å². The van der Waals surface area contributed by atoms with Crippen molar-refractivity contribution in [2.24, 2.45) is 0 Å². The minimum absolute atomic E-state index is 0.0579. The lowest BCUT2D eigenvalue weighted by atomic mass is 9.96. The van der Waals surface area contributed by atoms with Gasteiger partial charge in [-0.1, -0.05) is 62.0 Å². The van der Waals surface area contributed by atoms with Crippen molar-refractivity contribution < 1.29 is 4.79 Å². The van der Waals surface area contributed by atoms with Crippen molar-refractivity contribution in [1.29, 1.82) is 0 Å². The lowest BCUT2D eigenvalue weighted by molar-refractivity contribution is -0.116. The molecular formula is C11H10Br2Cl2O. The standard InChI is InChI=1S/C11H10Br2Cl2O/c1-5(11(13)6(2)16)10-8(14)3-7(12)4-9(10)15/h3-5,11H,1-2H3. The Balaban J connectivity index is 3.18. The fraction of sp³-hybridized carbons (Fsp3) is 0.364. The molecule has 0 amide bonds. The van der Waals surface area contributed by atoms with E-state index >= 15 is 0 Å². The van der Waals surface area contributed by atoms with Crippen LogP contribution in [0.1, 0.15) is 25.3 Å². The molecular weight excluding hydrogens is 379 g/mol. The zero-order chi connectivity index (χ0) is 12.5. The summed E-state index contributed by atoms with van der Waals surface area (Å²) in [4.78, 5) is 11.0. The van der Waals surface area contributed by atoms with Gasteiger partial charge in [-0.2, -0.15) is 0 Å². The molecule has 0 saturated heterocycles. The second-order valence-corrected chi connectivity index (χ2v) is 6.30. The van der Waals surface area contributed by atoms with Crippen LogP contribution in [0.15, 0.2) is 16.6 Å². The molecule has 0 aliphatic rings. The Kier molecular flexibility index (Phi) is 5.30. The van der Waals surface area contributed by atoms with Crippen LogP contribution in [0.5, 0.6) is 0 Å². The van der Waals surface area contributed by atoms with Gasteiger partial charge in [0.2, 0.25) is 0 Å². The van der Waals surface area contributed by atoms with Crippen molar-refractivity contribution in [3.63, 3.8) is 0 Å². The molecule has 2 atom stereocenters. The van der Waals surface area contributed by atoms with Crippen LogP contribution < -0.4 is 0 Å². The molecule has 0 N–H and O–H groups in total. The van der Waals surface area contributed by atoms with Gasteiger partial charge in [0.15, 0.2) is 0 Å². The first-order valence-electron chi connectivity index (χ1n) is 4.63. The summed E-state index contributed by atoms with van der Waals surface area (Å²) in [6.45, 7) is 3.46. The maximum absolute atomic E-state index is 11.3. The average Bonchev–Trinajstić information content (AvgIpc) is 2.14. The van der Waals surface area contributed by atoms with Crippen LogP contribution in [-0.4, -0.2) is 10.6 Å². The first kappa shape index (κ1) is 14.5. The van der Waals surface area contributed by atoms with Crippen molar-refractivity contribution in [2.45, 2.75) is 24.6 Å². The summed E-state index contributed by atoms with van der Waals surface area (Å²) in [6.07, 6.45) is 0. The van der Waals surface area contributed by atoms with Gasteiger partial charge in [0.25, 0.3) is 0 Å². The molecule has 16 heavy (non-hydrogen) atoms. The molecule has 0 radical (unpaired) electrons. The summed E-state index contributed by atoms with van der Waals surface area (Å²) in [6, 6.07) is 3.55. The van der Waals surface area contributed by atoms with Crippen LogP contribution in [0.4, 0.5) is 0 Å². The van der Waals surface area contributed by atoms with E-state index in [0.29, 0.717) is 10.0 Å². The Morgan fingerprint density at radius 1 is 1.31 bits per heavy atom. The van der Waals surface area contributed by atoms with E-state index in [1.54, 1.807) is 12.1 Å². The predicted molar refractivity (Wildman–Crippen MR) is 76.0 cm³/mol. The highest BCUT2D eigenvalue weighted by molar-refractivity contribution is 9.10. The average molecular weight is 389 g/mol.